The largest absolute Gasteiger partial charge is 0.355 e. The van der Waals surface area contributed by atoms with Crippen LogP contribution in [-0.4, -0.2) is 70.4 Å². The smallest absolute Gasteiger partial charge is 0.246 e. The van der Waals surface area contributed by atoms with E-state index in [1.165, 1.54) is 22.1 Å². The van der Waals surface area contributed by atoms with E-state index in [-0.39, 0.29) is 11.8 Å². The normalized spacial score (nSPS) is 13.3. The second kappa shape index (κ2) is 18.6. The maximum absolute atomic E-state index is 13.2. The van der Waals surface area contributed by atoms with Gasteiger partial charge in [-0.15, -0.1) is 11.3 Å². The molecular weight excluding hydrogens is 595 g/mol. The van der Waals surface area contributed by atoms with E-state index in [4.69, 9.17) is 16.7 Å². The summed E-state index contributed by atoms with van der Waals surface area (Å²) < 4.78 is 0.776. The Labute approximate surface area is 249 Å². The molecule has 1 heterocycles. The Hall–Kier alpha value is -1.67. The Balaban J connectivity index is 1.95. The van der Waals surface area contributed by atoms with Crippen LogP contribution in [0.25, 0.3) is 10.2 Å². The number of thiazole rings is 1. The van der Waals surface area contributed by atoms with Crippen molar-refractivity contribution in [1.29, 1.82) is 5.26 Å². The maximum Gasteiger partial charge on any atom is 0.246 e. The molecule has 0 spiro atoms. The van der Waals surface area contributed by atoms with Gasteiger partial charge in [0, 0.05) is 35.2 Å². The Bertz CT molecular complexity index is 1130. The number of hydrogen-bond acceptors (Lipinski definition) is 12. The van der Waals surface area contributed by atoms with E-state index in [1.807, 2.05) is 19.9 Å². The second-order valence-corrected chi connectivity index (χ2v) is 14.9. The van der Waals surface area contributed by atoms with Crippen LogP contribution in [0.15, 0.2) is 18.2 Å². The molecule has 2 aromatic rings. The summed E-state index contributed by atoms with van der Waals surface area (Å²) in [5.41, 5.74) is 13.2. The van der Waals surface area contributed by atoms with Crippen LogP contribution in [0, 0.1) is 11.3 Å². The lowest BCUT2D eigenvalue weighted by Gasteiger charge is -2.21. The minimum Gasteiger partial charge on any atom is -0.355 e. The first-order valence-electron chi connectivity index (χ1n) is 12.5. The number of nitrogens with one attached hydrogen (secondary N) is 3. The highest BCUT2D eigenvalue weighted by atomic mass is 33.1. The number of rotatable bonds is 18. The molecule has 39 heavy (non-hydrogen) atoms. The third-order valence-electron chi connectivity index (χ3n) is 5.17. The molecule has 3 amide bonds. The van der Waals surface area contributed by atoms with Crippen LogP contribution in [0.2, 0.25) is 0 Å². The van der Waals surface area contributed by atoms with Gasteiger partial charge in [-0.3, -0.25) is 14.4 Å². The van der Waals surface area contributed by atoms with Gasteiger partial charge in [0.2, 0.25) is 17.7 Å². The van der Waals surface area contributed by atoms with Gasteiger partial charge in [0.1, 0.15) is 12.1 Å². The number of carbonyl (C=O) groups excluding carboxylic acids is 3. The number of aromatic nitrogens is 1. The Kier molecular flexibility index (Phi) is 16.0. The molecule has 1 aromatic heterocycles. The molecule has 7 N–H and O–H groups in total. The zero-order valence-corrected chi connectivity index (χ0v) is 26.0. The summed E-state index contributed by atoms with van der Waals surface area (Å²) in [5.74, 6) is 1.87. The molecule has 0 fully saturated rings. The molecule has 0 aliphatic rings. The summed E-state index contributed by atoms with van der Waals surface area (Å²) in [6, 6.07) is 5.10. The zero-order chi connectivity index (χ0) is 28.6. The van der Waals surface area contributed by atoms with E-state index in [0.717, 1.165) is 16.2 Å². The number of fused-ring (bicyclic) bond motifs is 1. The Morgan fingerprint density at radius 3 is 2.31 bits per heavy atom. The summed E-state index contributed by atoms with van der Waals surface area (Å²) in [4.78, 5) is 42.3. The van der Waals surface area contributed by atoms with Crippen LogP contribution >= 0.6 is 54.5 Å². The maximum atomic E-state index is 13.2. The van der Waals surface area contributed by atoms with E-state index in [1.54, 1.807) is 50.6 Å². The molecule has 15 heteroatoms. The average Bonchev–Trinajstić information content (AvgIpc) is 3.34. The van der Waals surface area contributed by atoms with Gasteiger partial charge in [0.15, 0.2) is 5.01 Å². The first-order chi connectivity index (χ1) is 18.8. The molecule has 3 atom stereocenters. The fourth-order valence-electron chi connectivity index (χ4n) is 3.20. The van der Waals surface area contributed by atoms with Gasteiger partial charge < -0.3 is 27.4 Å². The third kappa shape index (κ3) is 12.2. The lowest BCUT2D eigenvalue weighted by Crippen LogP contribution is -2.50. The number of nitrogens with zero attached hydrogens (tertiary/aromatic N) is 2. The van der Waals surface area contributed by atoms with Crippen LogP contribution < -0.4 is 27.4 Å². The molecule has 214 valence electrons. The first-order valence-corrected chi connectivity index (χ1v) is 18.3. The summed E-state index contributed by atoms with van der Waals surface area (Å²) in [6.07, 6.45) is 1.57. The molecule has 0 aliphatic heterocycles. The molecule has 1 aromatic carbocycles. The minimum absolute atomic E-state index is 0.201. The molecule has 0 radical (unpaired) electrons. The Morgan fingerprint density at radius 1 is 1.00 bits per heavy atom. The van der Waals surface area contributed by atoms with Crippen molar-refractivity contribution >= 4 is 88.1 Å². The van der Waals surface area contributed by atoms with Crippen LogP contribution in [0.1, 0.15) is 38.1 Å². The lowest BCUT2D eigenvalue weighted by atomic mass is 10.1. The van der Waals surface area contributed by atoms with E-state index >= 15 is 0 Å². The topological polar surface area (TPSA) is 176 Å². The molecule has 0 unspecified atom stereocenters. The van der Waals surface area contributed by atoms with Crippen molar-refractivity contribution in [3.63, 3.8) is 0 Å². The monoisotopic (exact) mass is 629 g/mol. The molecule has 0 saturated heterocycles. The van der Waals surface area contributed by atoms with Gasteiger partial charge in [-0.2, -0.15) is 5.26 Å². The quantitative estimate of drug-likeness (QED) is 0.121. The summed E-state index contributed by atoms with van der Waals surface area (Å²) in [6.45, 7) is 4.49. The van der Waals surface area contributed by atoms with E-state index in [2.05, 4.69) is 20.9 Å². The third-order valence-corrected chi connectivity index (χ3v) is 11.1. The van der Waals surface area contributed by atoms with E-state index in [0.29, 0.717) is 53.5 Å². The summed E-state index contributed by atoms with van der Waals surface area (Å²) in [5, 5.41) is 17.9. The SMILES string of the molecule is CCSSC[C@H](N)C(=O)NCCCC[C@H](NC(=O)[C@@H](N)CSSCC)C(=O)Nc1ccc2nc(C#N)sc2c1. The molecular formula is C24H35N7O3S5. The molecule has 0 bridgehead atoms. The Morgan fingerprint density at radius 2 is 1.67 bits per heavy atom. The fraction of sp³-hybridized carbons (Fsp3) is 0.542. The number of benzene rings is 1. The van der Waals surface area contributed by atoms with Crippen molar-refractivity contribution in [2.45, 2.75) is 51.2 Å². The highest BCUT2D eigenvalue weighted by Crippen LogP contribution is 2.25. The fourth-order valence-corrected chi connectivity index (χ4v) is 7.58. The summed E-state index contributed by atoms with van der Waals surface area (Å²) in [7, 11) is 6.38. The first kappa shape index (κ1) is 33.5. The van der Waals surface area contributed by atoms with E-state index < -0.39 is 24.0 Å². The van der Waals surface area contributed by atoms with Gasteiger partial charge in [-0.05, 0) is 37.5 Å². The molecule has 0 saturated carbocycles. The van der Waals surface area contributed by atoms with Crippen molar-refractivity contribution < 1.29 is 14.4 Å². The van der Waals surface area contributed by atoms with Crippen molar-refractivity contribution in [1.82, 2.24) is 15.6 Å². The molecule has 0 aliphatic carbocycles. The van der Waals surface area contributed by atoms with Crippen molar-refractivity contribution in [2.24, 2.45) is 11.5 Å². The number of nitriles is 1. The lowest BCUT2D eigenvalue weighted by molar-refractivity contribution is -0.127. The second-order valence-electron chi connectivity index (χ2n) is 8.25. The van der Waals surface area contributed by atoms with Crippen molar-refractivity contribution in [2.75, 3.05) is 34.9 Å². The van der Waals surface area contributed by atoms with Crippen LogP contribution in [0.4, 0.5) is 5.69 Å². The number of nitrogens with two attached hydrogens (primary N) is 2. The minimum atomic E-state index is -0.806. The predicted octanol–water partition coefficient (Wildman–Crippen LogP) is 3.33. The van der Waals surface area contributed by atoms with Crippen LogP contribution in [-0.2, 0) is 14.4 Å². The number of amides is 3. The number of anilines is 1. The van der Waals surface area contributed by atoms with Crippen molar-refractivity contribution in [3.8, 4) is 6.07 Å². The van der Waals surface area contributed by atoms with Crippen LogP contribution in [0.5, 0.6) is 0 Å². The van der Waals surface area contributed by atoms with Gasteiger partial charge in [-0.1, -0.05) is 57.0 Å². The highest BCUT2D eigenvalue weighted by molar-refractivity contribution is 8.77. The number of hydrogen-bond donors (Lipinski definition) is 5. The molecule has 2 rings (SSSR count). The van der Waals surface area contributed by atoms with Crippen molar-refractivity contribution in [3.05, 3.63) is 23.2 Å². The number of carbonyl (C=O) groups is 3. The molecule has 10 nitrogen and oxygen atoms in total. The van der Waals surface area contributed by atoms with E-state index in [9.17, 15) is 14.4 Å². The zero-order valence-electron chi connectivity index (χ0n) is 21.9. The average molecular weight is 630 g/mol. The van der Waals surface area contributed by atoms with Gasteiger partial charge in [-0.25, -0.2) is 4.98 Å². The van der Waals surface area contributed by atoms with Gasteiger partial charge >= 0.3 is 0 Å². The standard InChI is InChI=1S/C24H35N7O3S5/c1-3-35-37-13-16(26)22(32)28-10-6-5-7-19(31-23(33)17(27)14-38-36-4-2)24(34)29-15-8-9-18-20(11-15)39-21(12-25)30-18/h8-9,11,16-17,19H,3-7,10,13-14,26-27H2,1-2H3,(H,28,32)(H,29,34)(H,31,33)/t16-,17-,19-/m0/s1. The predicted molar refractivity (Wildman–Crippen MR) is 169 cm³/mol. The van der Waals surface area contributed by atoms with Gasteiger partial charge in [0.05, 0.1) is 22.3 Å². The number of unbranched alkanes of at least 4 members (excludes halogenated alkanes) is 1. The van der Waals surface area contributed by atoms with Crippen LogP contribution in [0.3, 0.4) is 0 Å². The summed E-state index contributed by atoms with van der Waals surface area (Å²) >= 11 is 1.24. The highest BCUT2D eigenvalue weighted by Gasteiger charge is 2.24. The van der Waals surface area contributed by atoms with Gasteiger partial charge in [0.25, 0.3) is 0 Å².